The van der Waals surface area contributed by atoms with E-state index in [1.165, 1.54) is 14.2 Å². The summed E-state index contributed by atoms with van der Waals surface area (Å²) < 4.78 is 30.0. The Kier molecular flexibility index (Phi) is 5.74. The van der Waals surface area contributed by atoms with Gasteiger partial charge in [0.15, 0.2) is 0 Å². The van der Waals surface area contributed by atoms with Gasteiger partial charge in [0.2, 0.25) is 10.0 Å². The number of hydrogen-bond acceptors (Lipinski definition) is 5. The Hall–Kier alpha value is -1.15. The highest BCUT2D eigenvalue weighted by molar-refractivity contribution is 7.88. The quantitative estimate of drug-likeness (QED) is 0.691. The van der Waals surface area contributed by atoms with E-state index in [9.17, 15) is 13.5 Å². The molecule has 0 aromatic heterocycles. The maximum Gasteiger partial charge on any atom is 0.218 e. The van der Waals surface area contributed by atoms with Crippen molar-refractivity contribution in [2.75, 3.05) is 33.0 Å². The molecule has 0 aliphatic carbocycles. The van der Waals surface area contributed by atoms with Crippen LogP contribution < -0.4 is 5.73 Å². The molecule has 19 heavy (non-hydrogen) atoms. The first-order chi connectivity index (χ1) is 8.85. The molecule has 1 aromatic rings. The van der Waals surface area contributed by atoms with E-state index in [0.29, 0.717) is 11.3 Å². The molecule has 1 rings (SSSR count). The minimum atomic E-state index is -3.46. The number of aliphatic hydroxyl groups is 1. The second kappa shape index (κ2) is 6.85. The summed E-state index contributed by atoms with van der Waals surface area (Å²) in [7, 11) is -0.576. The highest BCUT2D eigenvalue weighted by atomic mass is 32.2. The van der Waals surface area contributed by atoms with Crippen LogP contribution in [0.15, 0.2) is 24.3 Å². The van der Waals surface area contributed by atoms with E-state index in [0.717, 1.165) is 4.31 Å². The highest BCUT2D eigenvalue weighted by Crippen LogP contribution is 2.12. The number of likely N-dealkylation sites (N-methyl/N-ethyl adjacent to an activating group) is 1. The first-order valence-corrected chi connectivity index (χ1v) is 7.41. The van der Waals surface area contributed by atoms with E-state index < -0.39 is 16.1 Å². The Labute approximate surface area is 113 Å². The van der Waals surface area contributed by atoms with E-state index in [-0.39, 0.29) is 18.9 Å². The highest BCUT2D eigenvalue weighted by Gasteiger charge is 2.21. The van der Waals surface area contributed by atoms with Crippen LogP contribution in [0, 0.1) is 0 Å². The van der Waals surface area contributed by atoms with Crippen molar-refractivity contribution in [1.82, 2.24) is 4.31 Å². The van der Waals surface area contributed by atoms with Crippen LogP contribution in [-0.4, -0.2) is 51.2 Å². The lowest BCUT2D eigenvalue weighted by Crippen LogP contribution is -2.36. The molecule has 0 heterocycles. The molecule has 1 unspecified atom stereocenters. The number of nitrogens with zero attached hydrogens (tertiary/aromatic N) is 1. The Bertz CT molecular complexity index is 487. The monoisotopic (exact) mass is 288 g/mol. The summed E-state index contributed by atoms with van der Waals surface area (Å²) in [5, 5.41) is 9.54. The predicted molar refractivity (Wildman–Crippen MR) is 74.0 cm³/mol. The minimum Gasteiger partial charge on any atom is -0.399 e. The van der Waals surface area contributed by atoms with Gasteiger partial charge in [0.25, 0.3) is 0 Å². The molecule has 0 saturated heterocycles. The van der Waals surface area contributed by atoms with Gasteiger partial charge < -0.3 is 15.6 Å². The van der Waals surface area contributed by atoms with Gasteiger partial charge in [-0.15, -0.1) is 0 Å². The number of sulfonamides is 1. The van der Waals surface area contributed by atoms with Crippen LogP contribution in [-0.2, 0) is 20.5 Å². The van der Waals surface area contributed by atoms with Gasteiger partial charge in [0.05, 0.1) is 18.5 Å². The lowest BCUT2D eigenvalue weighted by Gasteiger charge is -2.20. The molecule has 0 saturated carbocycles. The van der Waals surface area contributed by atoms with Crippen LogP contribution in [0.1, 0.15) is 5.56 Å². The Morgan fingerprint density at radius 1 is 1.37 bits per heavy atom. The first-order valence-electron chi connectivity index (χ1n) is 5.80. The Balaban J connectivity index is 2.67. The van der Waals surface area contributed by atoms with Gasteiger partial charge in [-0.05, 0) is 17.7 Å². The third kappa shape index (κ3) is 5.15. The van der Waals surface area contributed by atoms with E-state index >= 15 is 0 Å². The number of hydrogen-bond donors (Lipinski definition) is 2. The minimum absolute atomic E-state index is 0.00510. The molecule has 1 atom stereocenters. The van der Waals surface area contributed by atoms with Crippen LogP contribution >= 0.6 is 0 Å². The van der Waals surface area contributed by atoms with Crippen molar-refractivity contribution >= 4 is 15.7 Å². The Morgan fingerprint density at radius 3 is 2.47 bits per heavy atom. The maximum absolute atomic E-state index is 12.1. The number of methoxy groups -OCH3 is 1. The smallest absolute Gasteiger partial charge is 0.218 e. The summed E-state index contributed by atoms with van der Waals surface area (Å²) in [6.45, 7) is 0.104. The van der Waals surface area contributed by atoms with E-state index in [4.69, 9.17) is 10.5 Å². The van der Waals surface area contributed by atoms with Gasteiger partial charge in [0.1, 0.15) is 0 Å². The van der Waals surface area contributed by atoms with Gasteiger partial charge in [-0.25, -0.2) is 12.7 Å². The molecule has 0 aliphatic rings. The number of ether oxygens (including phenoxy) is 1. The van der Waals surface area contributed by atoms with Crippen LogP contribution in [0.4, 0.5) is 5.69 Å². The van der Waals surface area contributed by atoms with Crippen molar-refractivity contribution in [3.05, 3.63) is 29.8 Å². The molecular formula is C12H20N2O4S. The Morgan fingerprint density at radius 2 is 1.95 bits per heavy atom. The fraction of sp³-hybridized carbons (Fsp3) is 0.500. The lowest BCUT2D eigenvalue weighted by molar-refractivity contribution is 0.0554. The molecule has 0 bridgehead atoms. The predicted octanol–water partition coefficient (Wildman–Crippen LogP) is 0.0377. The normalized spacial score (nSPS) is 13.7. The second-order valence-electron chi connectivity index (χ2n) is 4.39. The zero-order valence-electron chi connectivity index (χ0n) is 11.1. The van der Waals surface area contributed by atoms with E-state index in [1.54, 1.807) is 24.3 Å². The molecule has 6 nitrogen and oxygen atoms in total. The topological polar surface area (TPSA) is 92.9 Å². The van der Waals surface area contributed by atoms with Crippen LogP contribution in [0.5, 0.6) is 0 Å². The standard InChI is InChI=1S/C12H20N2O4S/c1-14(7-12(15)8-18-2)19(16,17)9-10-3-5-11(13)6-4-10/h3-6,12,15H,7-9,13H2,1-2H3. The molecule has 0 amide bonds. The van der Waals surface area contributed by atoms with Crippen LogP contribution in [0.25, 0.3) is 0 Å². The number of aliphatic hydroxyl groups excluding tert-OH is 1. The number of nitrogen functional groups attached to an aromatic ring is 1. The summed E-state index contributed by atoms with van der Waals surface area (Å²) in [6, 6.07) is 6.66. The van der Waals surface area contributed by atoms with Gasteiger partial charge in [-0.1, -0.05) is 12.1 Å². The molecular weight excluding hydrogens is 268 g/mol. The van der Waals surface area contributed by atoms with E-state index in [1.807, 2.05) is 0 Å². The number of benzene rings is 1. The summed E-state index contributed by atoms with van der Waals surface area (Å²) in [6.07, 6.45) is -0.837. The van der Waals surface area contributed by atoms with Gasteiger partial charge in [-0.3, -0.25) is 0 Å². The molecule has 7 heteroatoms. The largest absolute Gasteiger partial charge is 0.399 e. The third-order valence-corrected chi connectivity index (χ3v) is 4.43. The number of nitrogens with two attached hydrogens (primary N) is 1. The third-order valence-electron chi connectivity index (χ3n) is 2.63. The van der Waals surface area contributed by atoms with Crippen molar-refractivity contribution in [1.29, 1.82) is 0 Å². The van der Waals surface area contributed by atoms with Gasteiger partial charge in [0, 0.05) is 26.4 Å². The molecule has 0 spiro atoms. The zero-order valence-corrected chi connectivity index (χ0v) is 11.9. The fourth-order valence-corrected chi connectivity index (χ4v) is 2.82. The summed E-state index contributed by atoms with van der Waals surface area (Å²) in [5.41, 5.74) is 6.79. The number of anilines is 1. The average Bonchev–Trinajstić information content (AvgIpc) is 2.32. The summed E-state index contributed by atoms with van der Waals surface area (Å²) in [5.74, 6) is -0.122. The summed E-state index contributed by atoms with van der Waals surface area (Å²) in [4.78, 5) is 0. The summed E-state index contributed by atoms with van der Waals surface area (Å²) >= 11 is 0. The van der Waals surface area contributed by atoms with Crippen LogP contribution in [0.3, 0.4) is 0 Å². The van der Waals surface area contributed by atoms with Crippen molar-refractivity contribution in [2.45, 2.75) is 11.9 Å². The molecule has 1 aromatic carbocycles. The van der Waals surface area contributed by atoms with Crippen molar-refractivity contribution in [3.63, 3.8) is 0 Å². The molecule has 3 N–H and O–H groups in total. The molecule has 0 aliphatic heterocycles. The molecule has 0 fully saturated rings. The van der Waals surface area contributed by atoms with Gasteiger partial charge in [-0.2, -0.15) is 0 Å². The van der Waals surface area contributed by atoms with Crippen LogP contribution in [0.2, 0.25) is 0 Å². The lowest BCUT2D eigenvalue weighted by atomic mass is 10.2. The zero-order chi connectivity index (χ0) is 14.5. The van der Waals surface area contributed by atoms with E-state index in [2.05, 4.69) is 0 Å². The van der Waals surface area contributed by atoms with Crippen molar-refractivity contribution in [3.8, 4) is 0 Å². The van der Waals surface area contributed by atoms with Crippen molar-refractivity contribution < 1.29 is 18.3 Å². The van der Waals surface area contributed by atoms with Gasteiger partial charge >= 0.3 is 0 Å². The average molecular weight is 288 g/mol. The number of rotatable bonds is 7. The second-order valence-corrected chi connectivity index (χ2v) is 6.46. The molecule has 108 valence electrons. The van der Waals surface area contributed by atoms with Crippen molar-refractivity contribution in [2.24, 2.45) is 0 Å². The molecule has 0 radical (unpaired) electrons. The first kappa shape index (κ1) is 15.9. The fourth-order valence-electron chi connectivity index (χ4n) is 1.59. The maximum atomic E-state index is 12.1. The SMILES string of the molecule is COCC(O)CN(C)S(=O)(=O)Cc1ccc(N)cc1.